The van der Waals surface area contributed by atoms with Gasteiger partial charge in [-0.3, -0.25) is 15.0 Å². The Morgan fingerprint density at radius 1 is 0.848 bits per heavy atom. The van der Waals surface area contributed by atoms with Gasteiger partial charge >= 0.3 is 0 Å². The number of nitrogens with zero attached hydrogens (tertiary/aromatic N) is 4. The molecule has 0 radical (unpaired) electrons. The number of aryl methyl sites for hydroxylation is 2. The monoisotopic (exact) mass is 430 g/mol. The summed E-state index contributed by atoms with van der Waals surface area (Å²) in [5, 5.41) is 1.31. The van der Waals surface area contributed by atoms with E-state index in [0.717, 1.165) is 11.0 Å². The molecule has 4 nitrogen and oxygen atoms in total. The lowest BCUT2D eigenvalue weighted by molar-refractivity contribution is 0.195. The van der Waals surface area contributed by atoms with Crippen molar-refractivity contribution >= 4 is 21.9 Å². The molecule has 4 heteroatoms. The lowest BCUT2D eigenvalue weighted by Crippen LogP contribution is -2.44. The van der Waals surface area contributed by atoms with Crippen LogP contribution in [0.25, 0.3) is 27.6 Å². The molecule has 0 atom stereocenters. The van der Waals surface area contributed by atoms with Gasteiger partial charge in [-0.1, -0.05) is 23.8 Å². The minimum atomic E-state index is 0.187. The van der Waals surface area contributed by atoms with Crippen molar-refractivity contribution in [3.63, 3.8) is 0 Å². The fourth-order valence-corrected chi connectivity index (χ4v) is 6.82. The summed E-state index contributed by atoms with van der Waals surface area (Å²) in [5.74, 6) is 0. The predicted molar refractivity (Wildman–Crippen MR) is 132 cm³/mol. The first-order chi connectivity index (χ1) is 16.1. The van der Waals surface area contributed by atoms with E-state index >= 15 is 0 Å². The highest BCUT2D eigenvalue weighted by atomic mass is 15.0. The highest BCUT2D eigenvalue weighted by Crippen LogP contribution is 2.68. The van der Waals surface area contributed by atoms with Gasteiger partial charge in [0, 0.05) is 46.3 Å². The van der Waals surface area contributed by atoms with Crippen molar-refractivity contribution in [2.24, 2.45) is 0 Å². The Morgan fingerprint density at radius 2 is 1.70 bits per heavy atom. The molecule has 3 saturated carbocycles. The molecular weight excluding hydrogens is 404 g/mol. The van der Waals surface area contributed by atoms with Crippen LogP contribution < -0.4 is 0 Å². The molecule has 0 saturated heterocycles. The summed E-state index contributed by atoms with van der Waals surface area (Å²) in [6, 6.07) is 18.3. The third-order valence-corrected chi connectivity index (χ3v) is 8.25. The second-order valence-corrected chi connectivity index (χ2v) is 10.3. The topological polar surface area (TPSA) is 43.6 Å². The van der Waals surface area contributed by atoms with Gasteiger partial charge in [0.05, 0.1) is 17.2 Å². The molecule has 0 spiro atoms. The zero-order chi connectivity index (χ0) is 22.2. The molecule has 33 heavy (non-hydrogen) atoms. The summed E-state index contributed by atoms with van der Waals surface area (Å²) in [4.78, 5) is 13.7. The van der Waals surface area contributed by atoms with Gasteiger partial charge < -0.3 is 4.57 Å². The molecule has 3 fully saturated rings. The number of hydrogen-bond donors (Lipinski definition) is 0. The Labute approximate surface area is 193 Å². The zero-order valence-electron chi connectivity index (χ0n) is 19.0. The van der Waals surface area contributed by atoms with Gasteiger partial charge in [0.25, 0.3) is 0 Å². The molecule has 0 aliphatic heterocycles. The largest absolute Gasteiger partial charge is 0.314 e. The maximum absolute atomic E-state index is 4.68. The second-order valence-electron chi connectivity index (χ2n) is 10.3. The molecule has 0 unspecified atom stereocenters. The van der Waals surface area contributed by atoms with E-state index in [-0.39, 0.29) is 10.8 Å². The van der Waals surface area contributed by atoms with Gasteiger partial charge in [-0.2, -0.15) is 0 Å². The lowest BCUT2D eigenvalue weighted by Gasteiger charge is -2.48. The molecule has 2 bridgehead atoms. The number of aromatic nitrogens is 4. The summed E-state index contributed by atoms with van der Waals surface area (Å²) >= 11 is 0. The van der Waals surface area contributed by atoms with Gasteiger partial charge in [-0.25, -0.2) is 0 Å². The summed E-state index contributed by atoms with van der Waals surface area (Å²) < 4.78 is 2.40. The van der Waals surface area contributed by atoms with Crippen LogP contribution in [-0.4, -0.2) is 19.5 Å². The van der Waals surface area contributed by atoms with Crippen molar-refractivity contribution in [1.29, 1.82) is 0 Å². The molecular formula is C29H26N4. The highest BCUT2D eigenvalue weighted by molar-refractivity contribution is 5.84. The highest BCUT2D eigenvalue weighted by Gasteiger charge is 2.62. The second kappa shape index (κ2) is 6.50. The SMILES string of the molecule is Cc1ccc2c(c1)cc(C)n2-c1cccc(C23CCC(c4cncc5nccnc45)(C2)C3)c1. The van der Waals surface area contributed by atoms with Crippen LogP contribution in [0.5, 0.6) is 0 Å². The van der Waals surface area contributed by atoms with E-state index in [1.165, 1.54) is 64.7 Å². The van der Waals surface area contributed by atoms with Crippen molar-refractivity contribution in [2.75, 3.05) is 0 Å². The molecule has 0 amide bonds. The van der Waals surface area contributed by atoms with Gasteiger partial charge in [0.1, 0.15) is 5.52 Å². The fraction of sp³-hybridized carbons (Fsp3) is 0.276. The third kappa shape index (κ3) is 2.61. The predicted octanol–water partition coefficient (Wildman–Crippen LogP) is 6.35. The summed E-state index contributed by atoms with van der Waals surface area (Å²) in [7, 11) is 0. The van der Waals surface area contributed by atoms with E-state index in [1.54, 1.807) is 12.4 Å². The first kappa shape index (κ1) is 19.0. The average molecular weight is 431 g/mol. The van der Waals surface area contributed by atoms with E-state index in [1.807, 2.05) is 12.4 Å². The number of hydrogen-bond acceptors (Lipinski definition) is 3. The molecule has 3 aliphatic carbocycles. The van der Waals surface area contributed by atoms with Crippen LogP contribution in [0, 0.1) is 13.8 Å². The number of pyridine rings is 1. The van der Waals surface area contributed by atoms with E-state index < -0.39 is 0 Å². The first-order valence-corrected chi connectivity index (χ1v) is 11.8. The molecule has 8 rings (SSSR count). The van der Waals surface area contributed by atoms with E-state index in [0.29, 0.717) is 0 Å². The van der Waals surface area contributed by atoms with Crippen molar-refractivity contribution in [2.45, 2.75) is 50.4 Å². The van der Waals surface area contributed by atoms with Crippen molar-refractivity contribution in [1.82, 2.24) is 19.5 Å². The number of benzene rings is 2. The number of rotatable bonds is 3. The molecule has 3 heterocycles. The normalized spacial score (nSPS) is 23.8. The Hall–Kier alpha value is -3.53. The average Bonchev–Trinajstić information content (AvgIpc) is 3.48. The Balaban J connectivity index is 1.28. The number of fused-ring (bicyclic) bond motifs is 3. The standard InChI is InChI=1S/C29H26N4/c1-19-6-7-26-21(12-19)13-20(2)33(26)23-5-3-4-22(14-23)28-8-9-29(17-28,18-28)24-15-30-16-25-27(24)32-11-10-31-25/h3-7,10-16H,8-9,17-18H2,1-2H3. The zero-order valence-corrected chi connectivity index (χ0v) is 19.0. The van der Waals surface area contributed by atoms with Crippen LogP contribution in [-0.2, 0) is 10.8 Å². The first-order valence-electron chi connectivity index (χ1n) is 11.8. The molecule has 5 aromatic rings. The minimum Gasteiger partial charge on any atom is -0.314 e. The maximum atomic E-state index is 4.68. The van der Waals surface area contributed by atoms with E-state index in [4.69, 9.17) is 0 Å². The van der Waals surface area contributed by atoms with Crippen LogP contribution in [0.15, 0.2) is 73.3 Å². The van der Waals surface area contributed by atoms with Crippen LogP contribution in [0.4, 0.5) is 0 Å². The summed E-state index contributed by atoms with van der Waals surface area (Å²) in [6.07, 6.45) is 12.2. The van der Waals surface area contributed by atoms with E-state index in [9.17, 15) is 0 Å². The Bertz CT molecular complexity index is 1550. The Kier molecular flexibility index (Phi) is 3.74. The van der Waals surface area contributed by atoms with Gasteiger partial charge in [0.2, 0.25) is 0 Å². The van der Waals surface area contributed by atoms with Crippen LogP contribution >= 0.6 is 0 Å². The summed E-state index contributed by atoms with van der Waals surface area (Å²) in [6.45, 7) is 4.37. The van der Waals surface area contributed by atoms with Crippen LogP contribution in [0.1, 0.15) is 48.1 Å². The molecule has 2 aromatic carbocycles. The van der Waals surface area contributed by atoms with Crippen molar-refractivity contribution < 1.29 is 0 Å². The molecule has 162 valence electrons. The smallest absolute Gasteiger partial charge is 0.107 e. The minimum absolute atomic E-state index is 0.187. The van der Waals surface area contributed by atoms with Gasteiger partial charge in [0.15, 0.2) is 0 Å². The lowest BCUT2D eigenvalue weighted by atomic mass is 9.55. The van der Waals surface area contributed by atoms with Crippen LogP contribution in [0.2, 0.25) is 0 Å². The van der Waals surface area contributed by atoms with E-state index in [2.05, 4.69) is 81.9 Å². The van der Waals surface area contributed by atoms with Crippen LogP contribution in [0.3, 0.4) is 0 Å². The quantitative estimate of drug-likeness (QED) is 0.335. The Morgan fingerprint density at radius 3 is 2.61 bits per heavy atom. The molecule has 3 aliphatic rings. The van der Waals surface area contributed by atoms with Gasteiger partial charge in [-0.15, -0.1) is 0 Å². The fourth-order valence-electron chi connectivity index (χ4n) is 6.82. The summed E-state index contributed by atoms with van der Waals surface area (Å²) in [5.41, 5.74) is 10.3. The molecule has 3 aromatic heterocycles. The third-order valence-electron chi connectivity index (χ3n) is 8.25. The molecule has 0 N–H and O–H groups in total. The maximum Gasteiger partial charge on any atom is 0.107 e. The van der Waals surface area contributed by atoms with Crippen molar-refractivity contribution in [3.05, 3.63) is 95.7 Å². The van der Waals surface area contributed by atoms with Crippen molar-refractivity contribution in [3.8, 4) is 5.69 Å². The van der Waals surface area contributed by atoms with Gasteiger partial charge in [-0.05, 0) is 80.8 Å².